The van der Waals surface area contributed by atoms with Crippen LogP contribution < -0.4 is 5.32 Å². The fourth-order valence-electron chi connectivity index (χ4n) is 4.53. The number of ether oxygens (including phenoxy) is 1. The van der Waals surface area contributed by atoms with Gasteiger partial charge in [0.1, 0.15) is 11.7 Å². The molecule has 0 spiro atoms. The second kappa shape index (κ2) is 10.5. The van der Waals surface area contributed by atoms with Gasteiger partial charge in [0.15, 0.2) is 0 Å². The Bertz CT molecular complexity index is 1080. The molecular formula is C27H31N3O3. The Labute approximate surface area is 195 Å². The lowest BCUT2D eigenvalue weighted by Gasteiger charge is -2.17. The van der Waals surface area contributed by atoms with Crippen molar-refractivity contribution in [1.82, 2.24) is 14.9 Å². The molecule has 33 heavy (non-hydrogen) atoms. The molecule has 6 heteroatoms. The van der Waals surface area contributed by atoms with E-state index in [0.717, 1.165) is 47.9 Å². The van der Waals surface area contributed by atoms with Crippen LogP contribution in [0.5, 0.6) is 0 Å². The SMILES string of the molecule is CCCCCCC(C(=O)OCC)n1cnc(C(=O)NC2c3ccccc3-c3ccccc32)c1. The minimum absolute atomic E-state index is 0.232. The summed E-state index contributed by atoms with van der Waals surface area (Å²) in [4.78, 5) is 30.0. The lowest BCUT2D eigenvalue weighted by molar-refractivity contribution is -0.147. The standard InChI is InChI=1S/C27H31N3O3/c1-3-5-6-7-16-24(27(32)33-4-2)30-17-23(28-18-30)26(31)29-25-21-14-10-8-12-19(21)20-13-9-11-15-22(20)25/h8-15,17-18,24-25H,3-7,16H2,1-2H3,(H,29,31). The first-order chi connectivity index (χ1) is 16.1. The van der Waals surface area contributed by atoms with Crippen molar-refractivity contribution in [2.45, 2.75) is 58.0 Å². The Morgan fingerprint density at radius 1 is 1.00 bits per heavy atom. The van der Waals surface area contributed by atoms with Crippen molar-refractivity contribution in [1.29, 1.82) is 0 Å². The molecule has 0 radical (unpaired) electrons. The number of rotatable bonds is 10. The molecule has 1 unspecified atom stereocenters. The van der Waals surface area contributed by atoms with Crippen molar-refractivity contribution in [3.05, 3.63) is 77.9 Å². The first kappa shape index (κ1) is 22.8. The summed E-state index contributed by atoms with van der Waals surface area (Å²) in [6, 6.07) is 15.6. The monoisotopic (exact) mass is 445 g/mol. The maximum atomic E-state index is 13.1. The first-order valence-corrected chi connectivity index (χ1v) is 11.8. The van der Waals surface area contributed by atoms with E-state index in [0.29, 0.717) is 18.7 Å². The minimum atomic E-state index is -0.469. The van der Waals surface area contributed by atoms with Gasteiger partial charge >= 0.3 is 5.97 Å². The van der Waals surface area contributed by atoms with E-state index in [-0.39, 0.29) is 17.9 Å². The molecule has 1 N–H and O–H groups in total. The van der Waals surface area contributed by atoms with E-state index in [4.69, 9.17) is 4.74 Å². The van der Waals surface area contributed by atoms with Crippen LogP contribution in [-0.4, -0.2) is 28.0 Å². The Morgan fingerprint density at radius 2 is 1.67 bits per heavy atom. The fourth-order valence-corrected chi connectivity index (χ4v) is 4.53. The summed E-state index contributed by atoms with van der Waals surface area (Å²) in [5.74, 6) is -0.546. The molecule has 6 nitrogen and oxygen atoms in total. The lowest BCUT2D eigenvalue weighted by atomic mass is 10.1. The van der Waals surface area contributed by atoms with Gasteiger partial charge in [-0.1, -0.05) is 81.1 Å². The topological polar surface area (TPSA) is 73.2 Å². The average molecular weight is 446 g/mol. The predicted octanol–water partition coefficient (Wildman–Crippen LogP) is 5.46. The van der Waals surface area contributed by atoms with E-state index in [2.05, 4.69) is 29.4 Å². The summed E-state index contributed by atoms with van der Waals surface area (Å²) in [7, 11) is 0. The highest BCUT2D eigenvalue weighted by Crippen LogP contribution is 2.43. The number of carbonyl (C=O) groups excluding carboxylic acids is 2. The maximum Gasteiger partial charge on any atom is 0.329 e. The van der Waals surface area contributed by atoms with Crippen LogP contribution in [0.15, 0.2) is 61.1 Å². The van der Waals surface area contributed by atoms with Crippen molar-refractivity contribution in [2.24, 2.45) is 0 Å². The van der Waals surface area contributed by atoms with Crippen LogP contribution in [0.4, 0.5) is 0 Å². The molecule has 1 atom stereocenters. The molecule has 1 heterocycles. The number of unbranched alkanes of at least 4 members (excludes halogenated alkanes) is 3. The van der Waals surface area contributed by atoms with Crippen molar-refractivity contribution in [3.8, 4) is 11.1 Å². The number of nitrogens with one attached hydrogen (secondary N) is 1. The summed E-state index contributed by atoms with van der Waals surface area (Å²) in [5, 5.41) is 3.14. The number of nitrogens with zero attached hydrogens (tertiary/aromatic N) is 2. The molecule has 0 fully saturated rings. The van der Waals surface area contributed by atoms with Crippen molar-refractivity contribution in [3.63, 3.8) is 0 Å². The van der Waals surface area contributed by atoms with Gasteiger partial charge in [0.05, 0.1) is 19.0 Å². The zero-order valence-electron chi connectivity index (χ0n) is 19.3. The normalized spacial score (nSPS) is 13.3. The smallest absolute Gasteiger partial charge is 0.329 e. The third-order valence-electron chi connectivity index (χ3n) is 6.19. The van der Waals surface area contributed by atoms with Crippen LogP contribution in [0.3, 0.4) is 0 Å². The highest BCUT2D eigenvalue weighted by molar-refractivity contribution is 5.94. The highest BCUT2D eigenvalue weighted by Gasteiger charge is 2.30. The van der Waals surface area contributed by atoms with Crippen LogP contribution in [-0.2, 0) is 9.53 Å². The van der Waals surface area contributed by atoms with Gasteiger partial charge < -0.3 is 14.6 Å². The van der Waals surface area contributed by atoms with E-state index < -0.39 is 6.04 Å². The van der Waals surface area contributed by atoms with Crippen molar-refractivity contribution in [2.75, 3.05) is 6.61 Å². The van der Waals surface area contributed by atoms with Gasteiger partial charge in [-0.15, -0.1) is 0 Å². The number of imidazole rings is 1. The average Bonchev–Trinajstić information content (AvgIpc) is 3.43. The van der Waals surface area contributed by atoms with Gasteiger partial charge in [0.25, 0.3) is 5.91 Å². The Morgan fingerprint density at radius 3 is 2.30 bits per heavy atom. The Hall–Kier alpha value is -3.41. The molecule has 2 aromatic carbocycles. The fraction of sp³-hybridized carbons (Fsp3) is 0.370. The summed E-state index contributed by atoms with van der Waals surface area (Å²) < 4.78 is 7.00. The molecule has 0 saturated carbocycles. The highest BCUT2D eigenvalue weighted by atomic mass is 16.5. The molecule has 1 aliphatic carbocycles. The molecule has 0 saturated heterocycles. The zero-order chi connectivity index (χ0) is 23.2. The van der Waals surface area contributed by atoms with Crippen molar-refractivity contribution < 1.29 is 14.3 Å². The molecule has 172 valence electrons. The predicted molar refractivity (Wildman–Crippen MR) is 128 cm³/mol. The third-order valence-corrected chi connectivity index (χ3v) is 6.19. The number of hydrogen-bond donors (Lipinski definition) is 1. The van der Waals surface area contributed by atoms with Crippen LogP contribution in [0.1, 0.15) is 79.7 Å². The zero-order valence-corrected chi connectivity index (χ0v) is 19.3. The second-order valence-electron chi connectivity index (χ2n) is 8.40. The maximum absolute atomic E-state index is 13.1. The van der Waals surface area contributed by atoms with E-state index in [9.17, 15) is 9.59 Å². The van der Waals surface area contributed by atoms with E-state index in [1.165, 1.54) is 0 Å². The molecule has 1 aromatic heterocycles. The number of aromatic nitrogens is 2. The molecule has 0 aliphatic heterocycles. The summed E-state index contributed by atoms with van der Waals surface area (Å²) >= 11 is 0. The van der Waals surface area contributed by atoms with E-state index in [1.54, 1.807) is 24.0 Å². The van der Waals surface area contributed by atoms with Gasteiger partial charge in [-0.05, 0) is 35.6 Å². The van der Waals surface area contributed by atoms with Gasteiger partial charge in [-0.25, -0.2) is 9.78 Å². The number of fused-ring (bicyclic) bond motifs is 3. The number of esters is 1. The van der Waals surface area contributed by atoms with E-state index in [1.807, 2.05) is 36.4 Å². The Kier molecular flexibility index (Phi) is 7.23. The van der Waals surface area contributed by atoms with Gasteiger partial charge in [-0.3, -0.25) is 4.79 Å². The van der Waals surface area contributed by atoms with Crippen LogP contribution in [0.2, 0.25) is 0 Å². The molecule has 4 rings (SSSR count). The second-order valence-corrected chi connectivity index (χ2v) is 8.40. The molecule has 0 bridgehead atoms. The van der Waals surface area contributed by atoms with Crippen LogP contribution in [0.25, 0.3) is 11.1 Å². The number of hydrogen-bond acceptors (Lipinski definition) is 4. The number of amides is 1. The lowest BCUT2D eigenvalue weighted by Crippen LogP contribution is -2.28. The Balaban J connectivity index is 1.52. The van der Waals surface area contributed by atoms with Crippen molar-refractivity contribution >= 4 is 11.9 Å². The molecule has 1 aliphatic rings. The summed E-state index contributed by atoms with van der Waals surface area (Å²) in [6.07, 6.45) is 8.14. The molecule has 3 aromatic rings. The quantitative estimate of drug-likeness (QED) is 0.332. The third kappa shape index (κ3) is 4.85. The van der Waals surface area contributed by atoms with Gasteiger partial charge in [-0.2, -0.15) is 0 Å². The first-order valence-electron chi connectivity index (χ1n) is 11.8. The summed E-state index contributed by atoms with van der Waals surface area (Å²) in [5.41, 5.74) is 4.72. The summed E-state index contributed by atoms with van der Waals surface area (Å²) in [6.45, 7) is 4.29. The minimum Gasteiger partial charge on any atom is -0.464 e. The van der Waals surface area contributed by atoms with E-state index >= 15 is 0 Å². The molecular weight excluding hydrogens is 414 g/mol. The van der Waals surface area contributed by atoms with Crippen LogP contribution in [0, 0.1) is 0 Å². The van der Waals surface area contributed by atoms with Gasteiger partial charge in [0.2, 0.25) is 0 Å². The largest absolute Gasteiger partial charge is 0.464 e. The van der Waals surface area contributed by atoms with Crippen LogP contribution >= 0.6 is 0 Å². The number of carbonyl (C=O) groups is 2. The van der Waals surface area contributed by atoms with Gasteiger partial charge in [0, 0.05) is 6.20 Å². The molecule has 1 amide bonds. The number of benzene rings is 2.